The van der Waals surface area contributed by atoms with Crippen molar-refractivity contribution in [2.45, 2.75) is 19.3 Å². The van der Waals surface area contributed by atoms with Crippen LogP contribution in [-0.2, 0) is 17.6 Å². The number of Topliss-reactive ketones (excluding diaryl/α,β-unsaturated/α-hetero) is 1. The molecule has 0 bridgehead atoms. The molecule has 174 valence electrons. The third-order valence-electron chi connectivity index (χ3n) is 8.83. The summed E-state index contributed by atoms with van der Waals surface area (Å²) in [7, 11) is 0. The Kier molecular flexibility index (Phi) is 3.37. The van der Waals surface area contributed by atoms with Crippen molar-refractivity contribution in [1.29, 1.82) is 0 Å². The van der Waals surface area contributed by atoms with E-state index in [-0.39, 0.29) is 17.3 Å². The van der Waals surface area contributed by atoms with Crippen molar-refractivity contribution in [2.24, 2.45) is 0 Å². The van der Waals surface area contributed by atoms with E-state index < -0.39 is 0 Å². The molecule has 0 fully saturated rings. The van der Waals surface area contributed by atoms with Crippen molar-refractivity contribution >= 4 is 54.4 Å². The Hall–Kier alpha value is -4.63. The van der Waals surface area contributed by atoms with Crippen LogP contribution in [0.3, 0.4) is 0 Å². The first kappa shape index (κ1) is 19.5. The van der Waals surface area contributed by atoms with Gasteiger partial charge in [-0.05, 0) is 79.1 Å². The van der Waals surface area contributed by atoms with Crippen LogP contribution in [0, 0.1) is 0 Å². The van der Waals surface area contributed by atoms with E-state index in [2.05, 4.69) is 42.5 Å². The second-order valence-corrected chi connectivity index (χ2v) is 10.6. The van der Waals surface area contributed by atoms with Gasteiger partial charge < -0.3 is 10.2 Å². The molecule has 3 nitrogen and oxygen atoms in total. The molecule has 0 saturated heterocycles. The van der Waals surface area contributed by atoms with Crippen molar-refractivity contribution < 1.29 is 15.0 Å². The van der Waals surface area contributed by atoms with E-state index in [1.807, 2.05) is 30.4 Å². The molecule has 0 aromatic heterocycles. The maximum Gasteiger partial charge on any atom is 0.163 e. The lowest BCUT2D eigenvalue weighted by atomic mass is 9.75. The fourth-order valence-corrected chi connectivity index (χ4v) is 7.36. The van der Waals surface area contributed by atoms with Crippen molar-refractivity contribution in [3.8, 4) is 22.6 Å². The lowest BCUT2D eigenvalue weighted by molar-refractivity contribution is -0.114. The standard InChI is InChI=1S/C34H20O3/c35-26-7-3-6-20-23(26)13-18-9-11-22-31-27(36)14-24-19-5-2-1-4-16(19)12-17-8-10-21(33(31)29(17)24)32-28(37)15-25(20)30(18)34(22)32/h1-6,8-11,14-15,36-37H,7,12-13H2. The molecule has 37 heavy (non-hydrogen) atoms. The highest BCUT2D eigenvalue weighted by molar-refractivity contribution is 6.38. The van der Waals surface area contributed by atoms with Crippen molar-refractivity contribution in [1.82, 2.24) is 0 Å². The number of ketones is 1. The third kappa shape index (κ3) is 2.22. The van der Waals surface area contributed by atoms with Gasteiger partial charge in [-0.2, -0.15) is 0 Å². The van der Waals surface area contributed by atoms with E-state index in [9.17, 15) is 15.0 Å². The molecular weight excluding hydrogens is 456 g/mol. The summed E-state index contributed by atoms with van der Waals surface area (Å²) in [6.07, 6.45) is 5.81. The highest BCUT2D eigenvalue weighted by Crippen LogP contribution is 2.54. The van der Waals surface area contributed by atoms with E-state index in [0.29, 0.717) is 12.8 Å². The Morgan fingerprint density at radius 2 is 1.24 bits per heavy atom. The molecule has 0 radical (unpaired) electrons. The highest BCUT2D eigenvalue weighted by Gasteiger charge is 2.30. The number of carbonyl (C=O) groups excluding carboxylic acids is 1. The molecular formula is C34H20O3. The zero-order valence-corrected chi connectivity index (χ0v) is 19.9. The fraction of sp³-hybridized carbons (Fsp3) is 0.0882. The van der Waals surface area contributed by atoms with Crippen LogP contribution in [0.15, 0.2) is 78.4 Å². The smallest absolute Gasteiger partial charge is 0.163 e. The predicted molar refractivity (Wildman–Crippen MR) is 149 cm³/mol. The summed E-state index contributed by atoms with van der Waals surface area (Å²) in [6, 6.07) is 20.6. The summed E-state index contributed by atoms with van der Waals surface area (Å²) >= 11 is 0. The molecule has 3 heteroatoms. The van der Waals surface area contributed by atoms with Crippen LogP contribution in [-0.4, -0.2) is 16.0 Å². The molecule has 2 N–H and O–H groups in total. The first-order chi connectivity index (χ1) is 18.1. The van der Waals surface area contributed by atoms with Gasteiger partial charge in [0.15, 0.2) is 5.78 Å². The normalized spacial score (nSPS) is 15.8. The first-order valence-electron chi connectivity index (χ1n) is 12.8. The fourth-order valence-electron chi connectivity index (χ4n) is 7.36. The molecule has 0 spiro atoms. The summed E-state index contributed by atoms with van der Waals surface area (Å²) < 4.78 is 0. The zero-order valence-electron chi connectivity index (χ0n) is 19.9. The quantitative estimate of drug-likeness (QED) is 0.175. The number of hydrogen-bond donors (Lipinski definition) is 2. The van der Waals surface area contributed by atoms with E-state index in [0.717, 1.165) is 82.9 Å². The molecule has 3 aliphatic rings. The van der Waals surface area contributed by atoms with Crippen molar-refractivity contribution in [2.75, 3.05) is 0 Å². The number of allylic oxidation sites excluding steroid dienone is 4. The van der Waals surface area contributed by atoms with Gasteiger partial charge in [-0.25, -0.2) is 0 Å². The minimum absolute atomic E-state index is 0.151. The lowest BCUT2D eigenvalue weighted by Crippen LogP contribution is -2.14. The van der Waals surface area contributed by atoms with E-state index >= 15 is 0 Å². The second kappa shape index (κ2) is 6.37. The molecule has 6 aromatic rings. The van der Waals surface area contributed by atoms with Crippen LogP contribution in [0.1, 0.15) is 28.7 Å². The SMILES string of the molecule is O=C1CC=CC2=C1Cc1ccc3c4c(O)cc5c6c(ccc(c7c(O)cc2c1c37)c64)Cc1ccccc1-5. The summed E-state index contributed by atoms with van der Waals surface area (Å²) in [5.74, 6) is 0.619. The maximum absolute atomic E-state index is 12.8. The Morgan fingerprint density at radius 3 is 2.00 bits per heavy atom. The largest absolute Gasteiger partial charge is 0.507 e. The number of hydrogen-bond acceptors (Lipinski definition) is 3. The van der Waals surface area contributed by atoms with Gasteiger partial charge in [0.05, 0.1) is 0 Å². The summed E-state index contributed by atoms with van der Waals surface area (Å²) in [5.41, 5.74) is 8.44. The first-order valence-corrected chi connectivity index (χ1v) is 12.8. The number of phenolic OH excluding ortho intramolecular Hbond substituents is 2. The highest BCUT2D eigenvalue weighted by atomic mass is 16.3. The van der Waals surface area contributed by atoms with Gasteiger partial charge in [-0.15, -0.1) is 0 Å². The monoisotopic (exact) mass is 476 g/mol. The van der Waals surface area contributed by atoms with Gasteiger partial charge in [0.1, 0.15) is 11.5 Å². The van der Waals surface area contributed by atoms with Crippen LogP contribution in [0.25, 0.3) is 59.8 Å². The molecule has 0 amide bonds. The Balaban J connectivity index is 1.53. The molecule has 0 saturated carbocycles. The number of aromatic hydroxyl groups is 2. The number of fused-ring (bicyclic) bond motifs is 5. The van der Waals surface area contributed by atoms with Gasteiger partial charge >= 0.3 is 0 Å². The predicted octanol–water partition coefficient (Wildman–Crippen LogP) is 7.56. The van der Waals surface area contributed by atoms with Crippen LogP contribution in [0.2, 0.25) is 0 Å². The van der Waals surface area contributed by atoms with E-state index in [1.165, 1.54) is 11.1 Å². The number of carbonyl (C=O) groups is 1. The molecule has 0 unspecified atom stereocenters. The summed E-state index contributed by atoms with van der Waals surface area (Å²) in [6.45, 7) is 0. The van der Waals surface area contributed by atoms with Crippen molar-refractivity contribution in [3.05, 3.63) is 101 Å². The van der Waals surface area contributed by atoms with Gasteiger partial charge in [0, 0.05) is 40.0 Å². The van der Waals surface area contributed by atoms with E-state index in [4.69, 9.17) is 0 Å². The molecule has 0 atom stereocenters. The lowest BCUT2D eigenvalue weighted by Gasteiger charge is -2.28. The number of rotatable bonds is 0. The van der Waals surface area contributed by atoms with Gasteiger partial charge in [-0.3, -0.25) is 4.79 Å². The van der Waals surface area contributed by atoms with Crippen LogP contribution in [0.5, 0.6) is 11.5 Å². The average Bonchev–Trinajstić information content (AvgIpc) is 2.91. The minimum atomic E-state index is 0.151. The molecule has 6 aromatic carbocycles. The van der Waals surface area contributed by atoms with Crippen LogP contribution >= 0.6 is 0 Å². The van der Waals surface area contributed by atoms with Gasteiger partial charge in [0.25, 0.3) is 0 Å². The number of benzene rings is 6. The second-order valence-electron chi connectivity index (χ2n) is 10.6. The van der Waals surface area contributed by atoms with Crippen LogP contribution < -0.4 is 0 Å². The van der Waals surface area contributed by atoms with Gasteiger partial charge in [0.2, 0.25) is 0 Å². The van der Waals surface area contributed by atoms with E-state index in [1.54, 1.807) is 0 Å². The van der Waals surface area contributed by atoms with Crippen LogP contribution in [0.4, 0.5) is 0 Å². The molecule has 3 aliphatic carbocycles. The molecule has 9 rings (SSSR count). The summed E-state index contributed by atoms with van der Waals surface area (Å²) in [5, 5.41) is 30.9. The Morgan fingerprint density at radius 1 is 0.595 bits per heavy atom. The average molecular weight is 477 g/mol. The zero-order chi connectivity index (χ0) is 24.6. The maximum atomic E-state index is 12.8. The summed E-state index contributed by atoms with van der Waals surface area (Å²) in [4.78, 5) is 12.8. The topological polar surface area (TPSA) is 57.5 Å². The molecule has 0 aliphatic heterocycles. The third-order valence-corrected chi connectivity index (χ3v) is 8.83. The van der Waals surface area contributed by atoms with Gasteiger partial charge in [-0.1, -0.05) is 60.7 Å². The van der Waals surface area contributed by atoms with Crippen molar-refractivity contribution in [3.63, 3.8) is 0 Å². The molecule has 0 heterocycles. The Bertz CT molecular complexity index is 2140. The number of phenols is 2. The Labute approximate surface area is 211 Å². The minimum Gasteiger partial charge on any atom is -0.507 e.